The van der Waals surface area contributed by atoms with Crippen LogP contribution in [0.5, 0.6) is 0 Å². The Bertz CT molecular complexity index is 494. The Morgan fingerprint density at radius 2 is 2.12 bits per heavy atom. The molecule has 0 amide bonds. The molecule has 0 aliphatic carbocycles. The van der Waals surface area contributed by atoms with Crippen LogP contribution in [0.4, 0.5) is 17.3 Å². The van der Waals surface area contributed by atoms with Crippen molar-refractivity contribution in [1.29, 1.82) is 0 Å². The van der Waals surface area contributed by atoms with Crippen molar-refractivity contribution in [1.82, 2.24) is 15.1 Å². The second-order valence-corrected chi connectivity index (χ2v) is 3.26. The molecule has 7 heteroatoms. The molecule has 0 saturated carbocycles. The number of hydrogen-bond acceptors (Lipinski definition) is 7. The van der Waals surface area contributed by atoms with Crippen molar-refractivity contribution in [3.63, 3.8) is 0 Å². The van der Waals surface area contributed by atoms with Gasteiger partial charge < -0.3 is 21.3 Å². The third kappa shape index (κ3) is 2.19. The highest BCUT2D eigenvalue weighted by molar-refractivity contribution is 5.61. The fraction of sp³-hybridized carbons (Fsp3) is 0.222. The smallest absolute Gasteiger partial charge is 0.245 e. The lowest BCUT2D eigenvalue weighted by atomic mass is 10.4. The summed E-state index contributed by atoms with van der Waals surface area (Å²) in [5, 5.41) is 6.67. The van der Waals surface area contributed by atoms with E-state index in [0.717, 1.165) is 0 Å². The number of hydrogen-bond donors (Lipinski definition) is 3. The number of nitrogen functional groups attached to an aromatic ring is 2. The molecule has 0 radical (unpaired) electrons. The van der Waals surface area contributed by atoms with Crippen LogP contribution in [0, 0.1) is 6.92 Å². The van der Waals surface area contributed by atoms with Crippen molar-refractivity contribution in [2.24, 2.45) is 0 Å². The van der Waals surface area contributed by atoms with Gasteiger partial charge in [0.1, 0.15) is 11.6 Å². The molecule has 0 aromatic carbocycles. The maximum Gasteiger partial charge on any atom is 0.245 e. The van der Waals surface area contributed by atoms with E-state index in [4.69, 9.17) is 16.0 Å². The highest BCUT2D eigenvalue weighted by Crippen LogP contribution is 2.14. The van der Waals surface area contributed by atoms with Gasteiger partial charge in [-0.2, -0.15) is 4.98 Å². The van der Waals surface area contributed by atoms with Crippen LogP contribution < -0.4 is 16.8 Å². The van der Waals surface area contributed by atoms with Gasteiger partial charge in [-0.1, -0.05) is 5.16 Å². The highest BCUT2D eigenvalue weighted by Gasteiger charge is 2.03. The number of anilines is 3. The lowest BCUT2D eigenvalue weighted by Gasteiger charge is -2.04. The first-order valence-corrected chi connectivity index (χ1v) is 4.70. The molecule has 2 aromatic rings. The number of nitrogens with one attached hydrogen (secondary N) is 1. The van der Waals surface area contributed by atoms with Crippen LogP contribution in [0.15, 0.2) is 16.7 Å². The van der Waals surface area contributed by atoms with E-state index in [0.29, 0.717) is 35.6 Å². The first-order chi connectivity index (χ1) is 7.65. The van der Waals surface area contributed by atoms with Gasteiger partial charge in [0.05, 0.1) is 12.2 Å². The Morgan fingerprint density at radius 3 is 2.75 bits per heavy atom. The summed E-state index contributed by atoms with van der Waals surface area (Å²) in [6.45, 7) is 2.16. The molecule has 0 fully saturated rings. The number of rotatable bonds is 3. The van der Waals surface area contributed by atoms with E-state index in [1.165, 1.54) is 0 Å². The van der Waals surface area contributed by atoms with Crippen molar-refractivity contribution in [2.45, 2.75) is 13.5 Å². The quantitative estimate of drug-likeness (QED) is 0.691. The zero-order chi connectivity index (χ0) is 11.5. The molecule has 5 N–H and O–H groups in total. The van der Waals surface area contributed by atoms with Gasteiger partial charge in [-0.05, 0) is 19.1 Å². The van der Waals surface area contributed by atoms with Gasteiger partial charge in [0, 0.05) is 0 Å². The topological polar surface area (TPSA) is 116 Å². The SMILES string of the molecule is Cc1noc(CNc2ccc(N)c(N)n2)n1. The van der Waals surface area contributed by atoms with E-state index in [9.17, 15) is 0 Å². The van der Waals surface area contributed by atoms with Crippen LogP contribution in [0.2, 0.25) is 0 Å². The minimum absolute atomic E-state index is 0.298. The van der Waals surface area contributed by atoms with Crippen LogP contribution in [-0.4, -0.2) is 15.1 Å². The summed E-state index contributed by atoms with van der Waals surface area (Å²) < 4.78 is 4.93. The normalized spacial score (nSPS) is 10.3. The van der Waals surface area contributed by atoms with Crippen molar-refractivity contribution in [2.75, 3.05) is 16.8 Å². The Kier molecular flexibility index (Phi) is 2.59. The lowest BCUT2D eigenvalue weighted by molar-refractivity contribution is 0.379. The monoisotopic (exact) mass is 220 g/mol. The van der Waals surface area contributed by atoms with E-state index >= 15 is 0 Å². The van der Waals surface area contributed by atoms with Crippen LogP contribution in [0.3, 0.4) is 0 Å². The fourth-order valence-corrected chi connectivity index (χ4v) is 1.16. The van der Waals surface area contributed by atoms with Gasteiger partial charge in [0.2, 0.25) is 5.89 Å². The van der Waals surface area contributed by atoms with E-state index in [1.54, 1.807) is 19.1 Å². The third-order valence-corrected chi connectivity index (χ3v) is 1.95. The maximum absolute atomic E-state index is 5.57. The Hall–Kier alpha value is -2.31. The molecule has 0 spiro atoms. The second kappa shape index (κ2) is 4.05. The van der Waals surface area contributed by atoms with E-state index in [2.05, 4.69) is 20.4 Å². The van der Waals surface area contributed by atoms with Crippen molar-refractivity contribution < 1.29 is 4.52 Å². The standard InChI is InChI=1S/C9H12N6O/c1-5-13-8(16-15-5)4-12-7-3-2-6(10)9(11)14-7/h2-3H,4,10H2,1H3,(H3,11,12,14). The molecule has 2 heterocycles. The van der Waals surface area contributed by atoms with Crippen molar-refractivity contribution >= 4 is 17.3 Å². The zero-order valence-electron chi connectivity index (χ0n) is 8.77. The van der Waals surface area contributed by atoms with Crippen LogP contribution in [0.1, 0.15) is 11.7 Å². The summed E-state index contributed by atoms with van der Waals surface area (Å²) in [7, 11) is 0. The predicted molar refractivity (Wildman–Crippen MR) is 59.4 cm³/mol. The second-order valence-electron chi connectivity index (χ2n) is 3.26. The molecule has 16 heavy (non-hydrogen) atoms. The van der Waals surface area contributed by atoms with E-state index in [-0.39, 0.29) is 0 Å². The largest absolute Gasteiger partial charge is 0.396 e. The lowest BCUT2D eigenvalue weighted by Crippen LogP contribution is -2.04. The number of aromatic nitrogens is 3. The Balaban J connectivity index is 2.02. The van der Waals surface area contributed by atoms with E-state index in [1.807, 2.05) is 0 Å². The van der Waals surface area contributed by atoms with Crippen LogP contribution >= 0.6 is 0 Å². The Morgan fingerprint density at radius 1 is 1.31 bits per heavy atom. The third-order valence-electron chi connectivity index (χ3n) is 1.95. The first kappa shape index (κ1) is 10.2. The first-order valence-electron chi connectivity index (χ1n) is 4.70. The maximum atomic E-state index is 5.57. The summed E-state index contributed by atoms with van der Waals surface area (Å²) >= 11 is 0. The highest BCUT2D eigenvalue weighted by atomic mass is 16.5. The molecule has 2 rings (SSSR count). The van der Waals surface area contributed by atoms with Crippen LogP contribution in [-0.2, 0) is 6.54 Å². The molecule has 0 aliphatic heterocycles. The van der Waals surface area contributed by atoms with Crippen molar-refractivity contribution in [3.8, 4) is 0 Å². The molecule has 7 nitrogen and oxygen atoms in total. The molecule has 84 valence electrons. The number of nitrogens with zero attached hydrogens (tertiary/aromatic N) is 3. The van der Waals surface area contributed by atoms with Gasteiger partial charge in [0.15, 0.2) is 5.82 Å². The van der Waals surface area contributed by atoms with Crippen molar-refractivity contribution in [3.05, 3.63) is 23.8 Å². The molecular weight excluding hydrogens is 208 g/mol. The minimum atomic E-state index is 0.298. The summed E-state index contributed by atoms with van der Waals surface area (Å²) in [5.74, 6) is 2.01. The molecule has 2 aromatic heterocycles. The number of nitrogens with two attached hydrogens (primary N) is 2. The molecule has 0 unspecified atom stereocenters. The molecule has 0 bridgehead atoms. The average Bonchev–Trinajstić information content (AvgIpc) is 2.66. The minimum Gasteiger partial charge on any atom is -0.396 e. The zero-order valence-corrected chi connectivity index (χ0v) is 8.77. The molecular formula is C9H12N6O. The van der Waals surface area contributed by atoms with Gasteiger partial charge in [0.25, 0.3) is 0 Å². The summed E-state index contributed by atoms with van der Waals surface area (Å²) in [6.07, 6.45) is 0. The average molecular weight is 220 g/mol. The molecule has 0 atom stereocenters. The molecule has 0 saturated heterocycles. The van der Waals surface area contributed by atoms with Gasteiger partial charge >= 0.3 is 0 Å². The molecule has 0 aliphatic rings. The predicted octanol–water partition coefficient (Wildman–Crippen LogP) is 0.550. The summed E-state index contributed by atoms with van der Waals surface area (Å²) in [5.41, 5.74) is 11.6. The number of aryl methyl sites for hydroxylation is 1. The van der Waals surface area contributed by atoms with Crippen LogP contribution in [0.25, 0.3) is 0 Å². The van der Waals surface area contributed by atoms with E-state index < -0.39 is 0 Å². The van der Waals surface area contributed by atoms with Gasteiger partial charge in [-0.25, -0.2) is 4.98 Å². The summed E-state index contributed by atoms with van der Waals surface area (Å²) in [6, 6.07) is 3.42. The fourth-order valence-electron chi connectivity index (χ4n) is 1.16. The number of pyridine rings is 1. The van der Waals surface area contributed by atoms with Gasteiger partial charge in [-0.15, -0.1) is 0 Å². The van der Waals surface area contributed by atoms with Gasteiger partial charge in [-0.3, -0.25) is 0 Å². The summed E-state index contributed by atoms with van der Waals surface area (Å²) in [4.78, 5) is 8.09. The Labute approximate surface area is 91.9 Å².